The first-order valence-corrected chi connectivity index (χ1v) is 19.5. The predicted octanol–water partition coefficient (Wildman–Crippen LogP) is 6.99. The first-order chi connectivity index (χ1) is 23.2. The van der Waals surface area contributed by atoms with Gasteiger partial charge >= 0.3 is 0 Å². The minimum Gasteiger partial charge on any atom is -0.308 e. The van der Waals surface area contributed by atoms with E-state index >= 15 is 0 Å². The molecule has 0 aliphatic heterocycles. The van der Waals surface area contributed by atoms with Gasteiger partial charge in [0.1, 0.15) is 11.4 Å². The number of hydrogen-bond donors (Lipinski definition) is 0. The van der Waals surface area contributed by atoms with Gasteiger partial charge in [-0.2, -0.15) is 10.2 Å². The van der Waals surface area contributed by atoms with E-state index in [1.807, 2.05) is 92.8 Å². The lowest BCUT2D eigenvalue weighted by molar-refractivity contribution is 0.373. The van der Waals surface area contributed by atoms with E-state index in [4.69, 9.17) is 16.7 Å². The largest absolute Gasteiger partial charge is 0.308 e. The Balaban J connectivity index is 0.000000195. The van der Waals surface area contributed by atoms with Crippen LogP contribution in [0, 0.1) is 0 Å². The van der Waals surface area contributed by atoms with Crippen LogP contribution in [0.15, 0.2) is 125 Å². The third-order valence-corrected chi connectivity index (χ3v) is 10.2. The molecule has 0 spiro atoms. The topological polar surface area (TPSA) is 107 Å². The Labute approximate surface area is 293 Å². The SMILES string of the molecule is CN(C)CCn1cc(-c2ccc(Cl)cc2)c(-c2ccc(S(C)(=O)=O)cc2)n1.Cn1cc(-c2ccccc2)c(-c2ccc(S(C)(=O)=O)cc2)n1. The average Bonchev–Trinajstić information content (AvgIpc) is 3.68. The molecule has 0 amide bonds. The predicted molar refractivity (Wildman–Crippen MR) is 197 cm³/mol. The Kier molecular flexibility index (Phi) is 10.9. The van der Waals surface area contributed by atoms with Crippen molar-refractivity contribution in [2.24, 2.45) is 7.05 Å². The molecule has 6 aromatic rings. The summed E-state index contributed by atoms with van der Waals surface area (Å²) in [6, 6.07) is 31.3. The number of hydrogen-bond acceptors (Lipinski definition) is 7. The van der Waals surface area contributed by atoms with Crippen LogP contribution in [0.5, 0.6) is 0 Å². The first kappa shape index (κ1) is 35.7. The van der Waals surface area contributed by atoms with E-state index in [1.165, 1.54) is 12.5 Å². The highest BCUT2D eigenvalue weighted by Gasteiger charge is 2.16. The van der Waals surface area contributed by atoms with E-state index in [9.17, 15) is 16.8 Å². The lowest BCUT2D eigenvalue weighted by Gasteiger charge is -2.08. The first-order valence-electron chi connectivity index (χ1n) is 15.4. The summed E-state index contributed by atoms with van der Waals surface area (Å²) >= 11 is 6.02. The van der Waals surface area contributed by atoms with E-state index in [2.05, 4.69) is 10.00 Å². The highest BCUT2D eigenvalue weighted by Crippen LogP contribution is 2.33. The molecule has 0 bridgehead atoms. The third-order valence-electron chi connectivity index (χ3n) is 7.72. The second kappa shape index (κ2) is 14.9. The number of benzene rings is 4. The second-order valence-corrected chi connectivity index (χ2v) is 16.5. The van der Waals surface area contributed by atoms with Crippen molar-refractivity contribution >= 4 is 31.3 Å². The second-order valence-electron chi connectivity index (χ2n) is 12.0. The Morgan fingerprint density at radius 1 is 0.612 bits per heavy atom. The van der Waals surface area contributed by atoms with Crippen LogP contribution < -0.4 is 0 Å². The van der Waals surface area contributed by atoms with Crippen LogP contribution in [0.4, 0.5) is 0 Å². The molecular formula is C37H38ClN5O4S2. The zero-order valence-electron chi connectivity index (χ0n) is 27.9. The van der Waals surface area contributed by atoms with E-state index in [0.717, 1.165) is 57.9 Å². The highest BCUT2D eigenvalue weighted by atomic mass is 35.5. The van der Waals surface area contributed by atoms with Crippen molar-refractivity contribution in [3.05, 3.63) is 121 Å². The van der Waals surface area contributed by atoms with Gasteiger partial charge in [-0.15, -0.1) is 0 Å². The van der Waals surface area contributed by atoms with Gasteiger partial charge in [-0.1, -0.05) is 78.3 Å². The van der Waals surface area contributed by atoms with Crippen LogP contribution in [0.3, 0.4) is 0 Å². The average molecular weight is 716 g/mol. The summed E-state index contributed by atoms with van der Waals surface area (Å²) in [5.41, 5.74) is 7.52. The van der Waals surface area contributed by atoms with Gasteiger partial charge in [0.05, 0.1) is 16.3 Å². The van der Waals surface area contributed by atoms with E-state index in [-0.39, 0.29) is 0 Å². The van der Waals surface area contributed by atoms with Gasteiger partial charge in [0.2, 0.25) is 0 Å². The summed E-state index contributed by atoms with van der Waals surface area (Å²) < 4.78 is 50.2. The van der Waals surface area contributed by atoms with Crippen molar-refractivity contribution in [2.75, 3.05) is 33.2 Å². The molecule has 0 saturated carbocycles. The van der Waals surface area contributed by atoms with E-state index in [0.29, 0.717) is 14.8 Å². The number of aryl methyl sites for hydroxylation is 1. The van der Waals surface area contributed by atoms with Gasteiger partial charge in [0, 0.05) is 65.8 Å². The van der Waals surface area contributed by atoms with Gasteiger partial charge < -0.3 is 4.90 Å². The fourth-order valence-corrected chi connectivity index (χ4v) is 6.53. The Morgan fingerprint density at radius 3 is 1.55 bits per heavy atom. The van der Waals surface area contributed by atoms with Crippen LogP contribution in [-0.4, -0.2) is 74.4 Å². The molecule has 12 heteroatoms. The summed E-state index contributed by atoms with van der Waals surface area (Å²) in [7, 11) is -0.492. The molecule has 6 rings (SSSR count). The summed E-state index contributed by atoms with van der Waals surface area (Å²) in [6.07, 6.45) is 6.40. The molecule has 254 valence electrons. The van der Waals surface area contributed by atoms with Crippen LogP contribution in [-0.2, 0) is 33.3 Å². The Hall–Kier alpha value is -4.55. The minimum absolute atomic E-state index is 0.298. The Bertz CT molecular complexity index is 2250. The zero-order valence-corrected chi connectivity index (χ0v) is 30.3. The smallest absolute Gasteiger partial charge is 0.175 e. The maximum atomic E-state index is 11.7. The van der Waals surface area contributed by atoms with Gasteiger partial charge in [-0.3, -0.25) is 9.36 Å². The van der Waals surface area contributed by atoms with Gasteiger partial charge in [-0.05, 0) is 61.6 Å². The summed E-state index contributed by atoms with van der Waals surface area (Å²) in [6.45, 7) is 1.63. The molecule has 49 heavy (non-hydrogen) atoms. The molecule has 2 heterocycles. The standard InChI is InChI=1S/C20H22ClN3O2S.C17H16N2O2S/c1-23(2)12-13-24-14-19(15-4-8-17(21)9-5-15)20(22-24)16-6-10-18(11-7-16)27(3,25)26;1-19-12-16(13-6-4-3-5-7-13)17(18-19)14-8-10-15(11-9-14)22(2,20)21/h4-11,14H,12-13H2,1-3H3;3-12H,1-2H3. The number of sulfone groups is 2. The van der Waals surface area contributed by atoms with Crippen LogP contribution in [0.25, 0.3) is 44.8 Å². The fourth-order valence-electron chi connectivity index (χ4n) is 5.14. The fraction of sp³-hybridized carbons (Fsp3) is 0.189. The van der Waals surface area contributed by atoms with E-state index in [1.54, 1.807) is 53.2 Å². The lowest BCUT2D eigenvalue weighted by Crippen LogP contribution is -2.18. The number of likely N-dealkylation sites (N-methyl/N-ethyl adjacent to an activating group) is 1. The van der Waals surface area contributed by atoms with E-state index < -0.39 is 19.7 Å². The molecule has 0 saturated heterocycles. The van der Waals surface area contributed by atoms with Crippen LogP contribution >= 0.6 is 11.6 Å². The molecular weight excluding hydrogens is 678 g/mol. The molecule has 0 N–H and O–H groups in total. The van der Waals surface area contributed by atoms with Crippen molar-refractivity contribution in [2.45, 2.75) is 16.3 Å². The molecule has 0 aliphatic rings. The Morgan fingerprint density at radius 2 is 1.06 bits per heavy atom. The van der Waals surface area contributed by atoms with Gasteiger partial charge in [0.15, 0.2) is 19.7 Å². The summed E-state index contributed by atoms with van der Waals surface area (Å²) in [4.78, 5) is 2.71. The zero-order chi connectivity index (χ0) is 35.3. The van der Waals surface area contributed by atoms with Crippen molar-refractivity contribution in [3.63, 3.8) is 0 Å². The summed E-state index contributed by atoms with van der Waals surface area (Å²) in [5, 5.41) is 9.95. The molecule has 0 unspecified atom stereocenters. The van der Waals surface area contributed by atoms with Crippen molar-refractivity contribution < 1.29 is 16.8 Å². The maximum Gasteiger partial charge on any atom is 0.175 e. The number of nitrogens with zero attached hydrogens (tertiary/aromatic N) is 5. The van der Waals surface area contributed by atoms with Crippen molar-refractivity contribution in [3.8, 4) is 44.8 Å². The molecule has 0 aliphatic carbocycles. The molecule has 0 atom stereocenters. The van der Waals surface area contributed by atoms with Gasteiger partial charge in [0.25, 0.3) is 0 Å². The lowest BCUT2D eigenvalue weighted by atomic mass is 10.0. The summed E-state index contributed by atoms with van der Waals surface area (Å²) in [5.74, 6) is 0. The highest BCUT2D eigenvalue weighted by molar-refractivity contribution is 7.91. The number of rotatable bonds is 9. The van der Waals surface area contributed by atoms with Gasteiger partial charge in [-0.25, -0.2) is 16.8 Å². The normalized spacial score (nSPS) is 11.7. The van der Waals surface area contributed by atoms with Crippen molar-refractivity contribution in [1.29, 1.82) is 0 Å². The molecule has 0 radical (unpaired) electrons. The third kappa shape index (κ3) is 9.12. The van der Waals surface area contributed by atoms with Crippen molar-refractivity contribution in [1.82, 2.24) is 24.5 Å². The van der Waals surface area contributed by atoms with Crippen LogP contribution in [0.2, 0.25) is 5.02 Å². The van der Waals surface area contributed by atoms with Crippen LogP contribution in [0.1, 0.15) is 0 Å². The number of halogens is 1. The quantitative estimate of drug-likeness (QED) is 0.159. The monoisotopic (exact) mass is 715 g/mol. The maximum absolute atomic E-state index is 11.7. The minimum atomic E-state index is -3.23. The molecule has 4 aromatic carbocycles. The number of aromatic nitrogens is 4. The molecule has 2 aromatic heterocycles. The molecule has 0 fully saturated rings. The molecule has 9 nitrogen and oxygen atoms in total.